The van der Waals surface area contributed by atoms with Crippen molar-refractivity contribution in [3.05, 3.63) is 28.8 Å². The molecular formula is C15H26Cl3N3O. The summed E-state index contributed by atoms with van der Waals surface area (Å²) in [6.45, 7) is 10.0. The minimum atomic E-state index is -0.164. The molecule has 0 atom stereocenters. The Bertz CT molecular complexity index is 459. The first-order chi connectivity index (χ1) is 9.32. The van der Waals surface area contributed by atoms with E-state index in [-0.39, 0.29) is 30.7 Å². The lowest BCUT2D eigenvalue weighted by molar-refractivity contribution is 0.0939. The largest absolute Gasteiger partial charge is 0.399 e. The number of nitrogens with two attached hydrogens (primary N) is 1. The number of benzene rings is 1. The molecule has 0 fully saturated rings. The van der Waals surface area contributed by atoms with Crippen LogP contribution in [0.2, 0.25) is 5.02 Å². The number of nitrogens with one attached hydrogen (secondary N) is 1. The molecule has 0 aliphatic rings. The van der Waals surface area contributed by atoms with E-state index in [0.29, 0.717) is 34.9 Å². The molecule has 1 aromatic rings. The molecule has 0 saturated heterocycles. The Kier molecular flexibility index (Phi) is 11.7. The highest BCUT2D eigenvalue weighted by Gasteiger charge is 2.14. The maximum Gasteiger partial charge on any atom is 0.252 e. The Balaban J connectivity index is 0. The Morgan fingerprint density at radius 2 is 1.77 bits per heavy atom. The summed E-state index contributed by atoms with van der Waals surface area (Å²) >= 11 is 6.02. The maximum atomic E-state index is 12.0. The van der Waals surface area contributed by atoms with Crippen molar-refractivity contribution in [3.8, 4) is 0 Å². The highest BCUT2D eigenvalue weighted by atomic mass is 35.5. The first kappa shape index (κ1) is 23.6. The Hall–Kier alpha value is -0.680. The molecule has 0 saturated carbocycles. The normalized spacial score (nSPS) is 10.4. The molecule has 0 aromatic heterocycles. The minimum Gasteiger partial charge on any atom is -0.399 e. The molecule has 4 nitrogen and oxygen atoms in total. The fraction of sp³-hybridized carbons (Fsp3) is 0.533. The molecule has 0 unspecified atom stereocenters. The van der Waals surface area contributed by atoms with E-state index in [4.69, 9.17) is 17.3 Å². The third-order valence-electron chi connectivity index (χ3n) is 3.22. The van der Waals surface area contributed by atoms with E-state index in [1.807, 2.05) is 0 Å². The van der Waals surface area contributed by atoms with Crippen LogP contribution in [0.5, 0.6) is 0 Å². The Morgan fingerprint density at radius 1 is 1.23 bits per heavy atom. The highest BCUT2D eigenvalue weighted by Crippen LogP contribution is 2.18. The number of halogens is 3. The van der Waals surface area contributed by atoms with Crippen LogP contribution < -0.4 is 11.1 Å². The van der Waals surface area contributed by atoms with Gasteiger partial charge in [0.25, 0.3) is 5.91 Å². The second kappa shape index (κ2) is 10.9. The quantitative estimate of drug-likeness (QED) is 0.752. The van der Waals surface area contributed by atoms with Crippen LogP contribution in [-0.2, 0) is 0 Å². The summed E-state index contributed by atoms with van der Waals surface area (Å²) in [5.74, 6) is -0.164. The van der Waals surface area contributed by atoms with Gasteiger partial charge in [0.15, 0.2) is 0 Å². The van der Waals surface area contributed by atoms with Gasteiger partial charge in [0.05, 0.1) is 10.6 Å². The van der Waals surface area contributed by atoms with Crippen molar-refractivity contribution in [1.82, 2.24) is 10.2 Å². The Morgan fingerprint density at radius 3 is 2.23 bits per heavy atom. The van der Waals surface area contributed by atoms with Crippen LogP contribution in [0.25, 0.3) is 0 Å². The van der Waals surface area contributed by atoms with Gasteiger partial charge in [0.1, 0.15) is 0 Å². The van der Waals surface area contributed by atoms with Crippen molar-refractivity contribution >= 4 is 48.0 Å². The monoisotopic (exact) mass is 369 g/mol. The number of carbonyl (C=O) groups excluding carboxylic acids is 1. The summed E-state index contributed by atoms with van der Waals surface area (Å²) in [6.07, 6.45) is 0. The van der Waals surface area contributed by atoms with Crippen LogP contribution in [0.3, 0.4) is 0 Å². The fourth-order valence-electron chi connectivity index (χ4n) is 2.22. The first-order valence-electron chi connectivity index (χ1n) is 6.92. The number of nitrogen functional groups attached to an aromatic ring is 1. The molecule has 0 aliphatic carbocycles. The van der Waals surface area contributed by atoms with Crippen LogP contribution in [0, 0.1) is 0 Å². The lowest BCUT2D eigenvalue weighted by Gasteiger charge is -2.30. The van der Waals surface area contributed by atoms with Gasteiger partial charge in [-0.25, -0.2) is 0 Å². The number of rotatable bonds is 6. The van der Waals surface area contributed by atoms with Crippen molar-refractivity contribution < 1.29 is 4.79 Å². The summed E-state index contributed by atoms with van der Waals surface area (Å²) in [5, 5.41) is 3.28. The van der Waals surface area contributed by atoms with Crippen LogP contribution in [0.4, 0.5) is 5.69 Å². The molecule has 3 N–H and O–H groups in total. The van der Waals surface area contributed by atoms with Crippen molar-refractivity contribution in [2.45, 2.75) is 39.8 Å². The predicted molar refractivity (Wildman–Crippen MR) is 99.7 cm³/mol. The van der Waals surface area contributed by atoms with Gasteiger partial charge in [-0.1, -0.05) is 11.6 Å². The van der Waals surface area contributed by atoms with Gasteiger partial charge < -0.3 is 11.1 Å². The summed E-state index contributed by atoms with van der Waals surface area (Å²) in [5.41, 5.74) is 6.62. The lowest BCUT2D eigenvalue weighted by Crippen LogP contribution is -2.42. The molecule has 0 spiro atoms. The molecule has 0 radical (unpaired) electrons. The average molecular weight is 371 g/mol. The van der Waals surface area contributed by atoms with E-state index >= 15 is 0 Å². The molecule has 128 valence electrons. The molecule has 0 bridgehead atoms. The number of anilines is 1. The van der Waals surface area contributed by atoms with E-state index in [0.717, 1.165) is 6.54 Å². The van der Waals surface area contributed by atoms with Crippen LogP contribution in [0.1, 0.15) is 38.1 Å². The van der Waals surface area contributed by atoms with Gasteiger partial charge in [-0.05, 0) is 45.9 Å². The third-order valence-corrected chi connectivity index (χ3v) is 3.53. The van der Waals surface area contributed by atoms with E-state index < -0.39 is 0 Å². The van der Waals surface area contributed by atoms with Crippen LogP contribution >= 0.6 is 36.4 Å². The van der Waals surface area contributed by atoms with Gasteiger partial charge in [-0.3, -0.25) is 9.69 Å². The zero-order valence-corrected chi connectivity index (χ0v) is 15.8. The van der Waals surface area contributed by atoms with Crippen molar-refractivity contribution in [2.75, 3.05) is 18.8 Å². The van der Waals surface area contributed by atoms with Gasteiger partial charge >= 0.3 is 0 Å². The number of amides is 1. The lowest BCUT2D eigenvalue weighted by atomic mass is 10.2. The minimum absolute atomic E-state index is 0. The molecular weight excluding hydrogens is 345 g/mol. The summed E-state index contributed by atoms with van der Waals surface area (Å²) < 4.78 is 0. The third kappa shape index (κ3) is 7.05. The van der Waals surface area contributed by atoms with Gasteiger partial charge in [0, 0.05) is 30.9 Å². The van der Waals surface area contributed by atoms with Crippen molar-refractivity contribution in [2.24, 2.45) is 0 Å². The fourth-order valence-corrected chi connectivity index (χ4v) is 2.50. The molecule has 7 heteroatoms. The Labute approximate surface area is 150 Å². The number of carbonyl (C=O) groups is 1. The van der Waals surface area contributed by atoms with E-state index in [1.165, 1.54) is 0 Å². The van der Waals surface area contributed by atoms with Gasteiger partial charge in [0.2, 0.25) is 0 Å². The van der Waals surface area contributed by atoms with Gasteiger partial charge in [-0.15, -0.1) is 24.8 Å². The molecule has 1 aromatic carbocycles. The number of hydrogen-bond donors (Lipinski definition) is 2. The average Bonchev–Trinajstić information content (AvgIpc) is 2.33. The highest BCUT2D eigenvalue weighted by molar-refractivity contribution is 6.34. The van der Waals surface area contributed by atoms with Crippen LogP contribution in [0.15, 0.2) is 18.2 Å². The van der Waals surface area contributed by atoms with Gasteiger partial charge in [-0.2, -0.15) is 0 Å². The zero-order chi connectivity index (χ0) is 15.3. The summed E-state index contributed by atoms with van der Waals surface area (Å²) in [4.78, 5) is 14.4. The zero-order valence-electron chi connectivity index (χ0n) is 13.4. The first-order valence-corrected chi connectivity index (χ1v) is 7.29. The summed E-state index contributed by atoms with van der Waals surface area (Å²) in [7, 11) is 0. The number of nitrogens with zero attached hydrogens (tertiary/aromatic N) is 1. The van der Waals surface area contributed by atoms with Crippen molar-refractivity contribution in [3.63, 3.8) is 0 Å². The number of hydrogen-bond acceptors (Lipinski definition) is 3. The second-order valence-corrected chi connectivity index (χ2v) is 5.83. The topological polar surface area (TPSA) is 58.4 Å². The SMILES string of the molecule is CC(C)N(CCNC(=O)c1ccc(N)cc1Cl)C(C)C.Cl.Cl. The molecule has 1 rings (SSSR count). The maximum absolute atomic E-state index is 12.0. The molecule has 0 aliphatic heterocycles. The van der Waals surface area contributed by atoms with Crippen LogP contribution in [-0.4, -0.2) is 36.0 Å². The predicted octanol–water partition coefficient (Wildman–Crippen LogP) is 3.61. The van der Waals surface area contributed by atoms with E-state index in [2.05, 4.69) is 37.9 Å². The second-order valence-electron chi connectivity index (χ2n) is 5.42. The van der Waals surface area contributed by atoms with E-state index in [9.17, 15) is 4.79 Å². The standard InChI is InChI=1S/C15H24ClN3O.2ClH/c1-10(2)19(11(3)4)8-7-18-15(20)13-6-5-12(17)9-14(13)16;;/h5-6,9-11H,7-8,17H2,1-4H3,(H,18,20);2*1H. The smallest absolute Gasteiger partial charge is 0.252 e. The van der Waals surface area contributed by atoms with Crippen molar-refractivity contribution in [1.29, 1.82) is 0 Å². The summed E-state index contributed by atoms with van der Waals surface area (Å²) in [6, 6.07) is 5.81. The molecule has 0 heterocycles. The molecule has 22 heavy (non-hydrogen) atoms. The molecule has 1 amide bonds. The van der Waals surface area contributed by atoms with E-state index in [1.54, 1.807) is 18.2 Å².